The molecular weight excluding hydrogens is 393 g/mol. The van der Waals surface area contributed by atoms with Gasteiger partial charge in [0.15, 0.2) is 0 Å². The molecule has 5 nitrogen and oxygen atoms in total. The van der Waals surface area contributed by atoms with E-state index in [0.29, 0.717) is 0 Å². The van der Waals surface area contributed by atoms with Crippen molar-refractivity contribution in [1.29, 1.82) is 0 Å². The first-order chi connectivity index (χ1) is 12.9. The number of para-hydroxylation sites is 1. The summed E-state index contributed by atoms with van der Waals surface area (Å²) < 4.78 is 65.2. The second-order valence-electron chi connectivity index (χ2n) is 6.35. The van der Waals surface area contributed by atoms with Crippen molar-refractivity contribution < 1.29 is 26.4 Å². The van der Waals surface area contributed by atoms with Crippen LogP contribution in [0.4, 0.5) is 24.5 Å². The Morgan fingerprint density at radius 3 is 2.18 bits per heavy atom. The van der Waals surface area contributed by atoms with Crippen LogP contribution in [0.5, 0.6) is 0 Å². The van der Waals surface area contributed by atoms with E-state index in [2.05, 4.69) is 5.32 Å². The number of amides is 1. The lowest BCUT2D eigenvalue weighted by atomic mass is 10.1. The largest absolute Gasteiger partial charge is 0.418 e. The first-order valence-corrected chi connectivity index (χ1v) is 10.3. The van der Waals surface area contributed by atoms with Gasteiger partial charge in [-0.1, -0.05) is 36.8 Å². The van der Waals surface area contributed by atoms with Crippen LogP contribution in [0.15, 0.2) is 48.5 Å². The number of carbonyl (C=O) groups excluding carboxylic acids is 1. The molecule has 0 aliphatic carbocycles. The molecule has 1 atom stereocenters. The number of anilines is 2. The highest BCUT2D eigenvalue weighted by molar-refractivity contribution is 7.92. The number of halogens is 3. The number of rotatable bonds is 6. The quantitative estimate of drug-likeness (QED) is 0.771. The van der Waals surface area contributed by atoms with E-state index in [0.717, 1.165) is 28.3 Å². The summed E-state index contributed by atoms with van der Waals surface area (Å²) in [6.45, 7) is 3.42. The predicted molar refractivity (Wildman–Crippen MR) is 103 cm³/mol. The Hall–Kier alpha value is -2.55. The van der Waals surface area contributed by atoms with Crippen LogP contribution in [0.2, 0.25) is 0 Å². The molecule has 0 radical (unpaired) electrons. The van der Waals surface area contributed by atoms with Gasteiger partial charge in [-0.3, -0.25) is 9.10 Å². The first kappa shape index (κ1) is 21.7. The molecule has 152 valence electrons. The van der Waals surface area contributed by atoms with E-state index in [9.17, 15) is 26.4 Å². The number of hydrogen-bond acceptors (Lipinski definition) is 3. The van der Waals surface area contributed by atoms with Crippen molar-refractivity contribution in [2.75, 3.05) is 15.9 Å². The number of hydrogen-bond donors (Lipinski definition) is 1. The number of alkyl halides is 3. The average molecular weight is 414 g/mol. The standard InChI is InChI=1S/C19H21F3N2O3S/c1-4-17(24(28(3,26)27)14-11-9-13(2)10-12-14)18(25)23-16-8-6-5-7-15(16)19(20,21)22/h5-12,17H,4H2,1-3H3,(H,23,25)/t17-/m1/s1. The molecule has 0 aliphatic rings. The highest BCUT2D eigenvalue weighted by Gasteiger charge is 2.36. The van der Waals surface area contributed by atoms with Gasteiger partial charge < -0.3 is 5.32 Å². The molecule has 0 saturated heterocycles. The SMILES string of the molecule is CC[C@H](C(=O)Nc1ccccc1C(F)(F)F)N(c1ccc(C)cc1)S(C)(=O)=O. The summed E-state index contributed by atoms with van der Waals surface area (Å²) in [6.07, 6.45) is -3.63. The minimum absolute atomic E-state index is 0.0704. The Bertz CT molecular complexity index is 942. The van der Waals surface area contributed by atoms with Gasteiger partial charge in [0.2, 0.25) is 15.9 Å². The van der Waals surface area contributed by atoms with Gasteiger partial charge in [-0.05, 0) is 37.6 Å². The average Bonchev–Trinajstić information content (AvgIpc) is 2.59. The molecular formula is C19H21F3N2O3S. The zero-order chi connectivity index (χ0) is 21.1. The summed E-state index contributed by atoms with van der Waals surface area (Å²) in [7, 11) is -3.87. The maximum atomic E-state index is 13.2. The van der Waals surface area contributed by atoms with E-state index < -0.39 is 39.4 Å². The minimum atomic E-state index is -4.65. The molecule has 0 aromatic heterocycles. The Morgan fingerprint density at radius 1 is 1.11 bits per heavy atom. The fourth-order valence-electron chi connectivity index (χ4n) is 2.81. The third-order valence-electron chi connectivity index (χ3n) is 4.11. The van der Waals surface area contributed by atoms with Gasteiger partial charge in [-0.2, -0.15) is 13.2 Å². The van der Waals surface area contributed by atoms with Gasteiger partial charge in [-0.25, -0.2) is 8.42 Å². The molecule has 0 fully saturated rings. The number of aryl methyl sites for hydroxylation is 1. The molecule has 2 aromatic carbocycles. The summed E-state index contributed by atoms with van der Waals surface area (Å²) in [6, 6.07) is 9.83. The van der Waals surface area contributed by atoms with Crippen LogP contribution in [0.25, 0.3) is 0 Å². The van der Waals surface area contributed by atoms with E-state index in [1.54, 1.807) is 31.2 Å². The number of nitrogens with one attached hydrogen (secondary N) is 1. The topological polar surface area (TPSA) is 66.5 Å². The number of nitrogens with zero attached hydrogens (tertiary/aromatic N) is 1. The summed E-state index contributed by atoms with van der Waals surface area (Å²) in [4.78, 5) is 12.8. The van der Waals surface area contributed by atoms with Crippen molar-refractivity contribution in [3.63, 3.8) is 0 Å². The molecule has 2 rings (SSSR count). The molecule has 0 spiro atoms. The van der Waals surface area contributed by atoms with Crippen LogP contribution in [-0.4, -0.2) is 26.6 Å². The lowest BCUT2D eigenvalue weighted by Gasteiger charge is -2.30. The molecule has 0 saturated carbocycles. The monoisotopic (exact) mass is 414 g/mol. The molecule has 0 heterocycles. The van der Waals surface area contributed by atoms with E-state index in [1.807, 2.05) is 6.92 Å². The lowest BCUT2D eigenvalue weighted by Crippen LogP contribution is -2.47. The maximum Gasteiger partial charge on any atom is 0.418 e. The highest BCUT2D eigenvalue weighted by Crippen LogP contribution is 2.35. The molecule has 9 heteroatoms. The predicted octanol–water partition coefficient (Wildman–Crippen LogP) is 4.20. The van der Waals surface area contributed by atoms with Gasteiger partial charge in [0.05, 0.1) is 23.2 Å². The Morgan fingerprint density at radius 2 is 1.68 bits per heavy atom. The smallest absolute Gasteiger partial charge is 0.324 e. The van der Waals surface area contributed by atoms with Crippen molar-refractivity contribution in [2.45, 2.75) is 32.5 Å². The van der Waals surface area contributed by atoms with Crippen molar-refractivity contribution in [2.24, 2.45) is 0 Å². The zero-order valence-electron chi connectivity index (χ0n) is 15.6. The molecule has 0 bridgehead atoms. The van der Waals surface area contributed by atoms with Gasteiger partial charge in [0.25, 0.3) is 0 Å². The Balaban J connectivity index is 2.42. The number of sulfonamides is 1. The van der Waals surface area contributed by atoms with E-state index in [-0.39, 0.29) is 12.1 Å². The van der Waals surface area contributed by atoms with Crippen molar-refractivity contribution in [3.8, 4) is 0 Å². The van der Waals surface area contributed by atoms with Crippen molar-refractivity contribution >= 4 is 27.3 Å². The van der Waals surface area contributed by atoms with Crippen LogP contribution in [0, 0.1) is 6.92 Å². The number of carbonyl (C=O) groups is 1. The normalized spacial score (nSPS) is 13.1. The van der Waals surface area contributed by atoms with Crippen LogP contribution in [0.3, 0.4) is 0 Å². The molecule has 0 aliphatic heterocycles. The van der Waals surface area contributed by atoms with Crippen LogP contribution in [-0.2, 0) is 21.0 Å². The fourth-order valence-corrected chi connectivity index (χ4v) is 4.02. The van der Waals surface area contributed by atoms with E-state index >= 15 is 0 Å². The summed E-state index contributed by atoms with van der Waals surface area (Å²) in [5.74, 6) is -0.842. The number of benzene rings is 2. The highest BCUT2D eigenvalue weighted by atomic mass is 32.2. The zero-order valence-corrected chi connectivity index (χ0v) is 16.4. The van der Waals surface area contributed by atoms with E-state index in [4.69, 9.17) is 0 Å². The summed E-state index contributed by atoms with van der Waals surface area (Å²) in [5.41, 5.74) is -0.261. The van der Waals surface area contributed by atoms with Crippen LogP contribution < -0.4 is 9.62 Å². The maximum absolute atomic E-state index is 13.2. The van der Waals surface area contributed by atoms with Gasteiger partial charge in [0.1, 0.15) is 6.04 Å². The fraction of sp³-hybridized carbons (Fsp3) is 0.316. The van der Waals surface area contributed by atoms with E-state index in [1.165, 1.54) is 12.1 Å². The molecule has 28 heavy (non-hydrogen) atoms. The second-order valence-corrected chi connectivity index (χ2v) is 8.21. The minimum Gasteiger partial charge on any atom is -0.324 e. The van der Waals surface area contributed by atoms with Gasteiger partial charge >= 0.3 is 6.18 Å². The lowest BCUT2D eigenvalue weighted by molar-refractivity contribution is -0.137. The molecule has 1 amide bonds. The third-order valence-corrected chi connectivity index (χ3v) is 5.29. The molecule has 1 N–H and O–H groups in total. The summed E-state index contributed by atoms with van der Waals surface area (Å²) in [5, 5.41) is 2.24. The van der Waals surface area contributed by atoms with Gasteiger partial charge in [0, 0.05) is 0 Å². The molecule has 2 aromatic rings. The van der Waals surface area contributed by atoms with Gasteiger partial charge in [-0.15, -0.1) is 0 Å². The van der Waals surface area contributed by atoms with Crippen molar-refractivity contribution in [1.82, 2.24) is 0 Å². The second kappa shape index (κ2) is 8.22. The Labute approximate surface area is 162 Å². The first-order valence-electron chi connectivity index (χ1n) is 8.48. The van der Waals surface area contributed by atoms with Crippen molar-refractivity contribution in [3.05, 3.63) is 59.7 Å². The van der Waals surface area contributed by atoms with Crippen LogP contribution >= 0.6 is 0 Å². The third kappa shape index (κ3) is 5.03. The summed E-state index contributed by atoms with van der Waals surface area (Å²) >= 11 is 0. The molecule has 0 unspecified atom stereocenters. The Kier molecular flexibility index (Phi) is 6.38. The van der Waals surface area contributed by atoms with Crippen LogP contribution in [0.1, 0.15) is 24.5 Å².